The number of fused-ring (bicyclic) bond motifs is 6. The summed E-state index contributed by atoms with van der Waals surface area (Å²) in [6, 6.07) is 4.62. The molecule has 0 aliphatic carbocycles. The summed E-state index contributed by atoms with van der Waals surface area (Å²) >= 11 is 0. The van der Waals surface area contributed by atoms with Crippen LogP contribution in [0, 0.1) is 12.8 Å². The second-order valence-corrected chi connectivity index (χ2v) is 9.25. The van der Waals surface area contributed by atoms with Crippen molar-refractivity contribution in [2.75, 3.05) is 12.3 Å². The molecule has 0 spiro atoms. The summed E-state index contributed by atoms with van der Waals surface area (Å²) in [5, 5.41) is 0. The molecule has 1 amide bonds. The van der Waals surface area contributed by atoms with Gasteiger partial charge in [-0.1, -0.05) is 13.0 Å². The van der Waals surface area contributed by atoms with Crippen LogP contribution in [-0.4, -0.2) is 42.8 Å². The Morgan fingerprint density at radius 2 is 2.03 bits per heavy atom. The number of ether oxygens (including phenoxy) is 1. The molecule has 3 atom stereocenters. The number of carbonyl (C=O) groups is 1. The number of piperidine rings is 1. The van der Waals surface area contributed by atoms with Gasteiger partial charge in [-0.15, -0.1) is 0 Å². The monoisotopic (exact) mass is 482 g/mol. The first-order valence-corrected chi connectivity index (χ1v) is 11.2. The van der Waals surface area contributed by atoms with E-state index in [9.17, 15) is 18.0 Å². The highest BCUT2D eigenvalue weighted by atomic mass is 19.4. The molecule has 8 nitrogen and oxygen atoms in total. The molecule has 1 fully saturated rings. The van der Waals surface area contributed by atoms with E-state index in [1.165, 1.54) is 12.3 Å². The predicted molar refractivity (Wildman–Crippen MR) is 121 cm³/mol. The van der Waals surface area contributed by atoms with E-state index in [1.54, 1.807) is 21.7 Å². The Balaban J connectivity index is 1.42. The number of anilines is 1. The number of hydrogen-bond acceptors (Lipinski definition) is 6. The van der Waals surface area contributed by atoms with Gasteiger partial charge in [-0.05, 0) is 37.5 Å². The molecule has 1 aromatic carbocycles. The molecule has 0 saturated carbocycles. The normalized spacial score (nSPS) is 21.7. The maximum atomic E-state index is 13.7. The van der Waals surface area contributed by atoms with Crippen LogP contribution in [0.3, 0.4) is 0 Å². The molecule has 180 valence electrons. The number of amides is 1. The number of aromatic nitrogens is 4. The first-order valence-electron chi connectivity index (χ1n) is 11.2. The Bertz CT molecular complexity index is 1510. The number of nitrogen functional groups attached to an aromatic ring is 1. The molecule has 0 bridgehead atoms. The number of halogens is 3. The fourth-order valence-electron chi connectivity index (χ4n) is 5.25. The number of rotatable bonds is 1. The SMILES string of the molecule is Cc1ncn2c1c(N)nc1cnc(C(=O)N3C[C@H](C)C[C@@H]4Oc5cc(C(F)(F)F)ccc5[C@@H]43)cc12. The summed E-state index contributed by atoms with van der Waals surface area (Å²) in [6.45, 7) is 4.24. The van der Waals surface area contributed by atoms with Crippen LogP contribution >= 0.6 is 0 Å². The van der Waals surface area contributed by atoms with Crippen molar-refractivity contribution < 1.29 is 22.7 Å². The number of hydrogen-bond donors (Lipinski definition) is 1. The van der Waals surface area contributed by atoms with Crippen molar-refractivity contribution >= 4 is 28.3 Å². The van der Waals surface area contributed by atoms with Crippen LogP contribution in [0.15, 0.2) is 36.8 Å². The highest BCUT2D eigenvalue weighted by molar-refractivity contribution is 5.96. The van der Waals surface area contributed by atoms with Crippen molar-refractivity contribution in [2.24, 2.45) is 5.92 Å². The minimum Gasteiger partial charge on any atom is -0.488 e. The van der Waals surface area contributed by atoms with Gasteiger partial charge in [0.05, 0.1) is 29.0 Å². The van der Waals surface area contributed by atoms with Crippen LogP contribution in [0.4, 0.5) is 19.0 Å². The Kier molecular flexibility index (Phi) is 4.51. The smallest absolute Gasteiger partial charge is 0.416 e. The standard InChI is InChI=1S/C24H21F3N6O2/c1-11-5-19-21(14-4-3-13(24(25,26)27)6-18(14)35-19)32(9-11)23(34)15-7-17-16(8-29-15)31-22(28)20-12(2)30-10-33(17)20/h3-4,6-8,10-11,19,21H,5,9H2,1-2H3,(H2,28,31)/t11-,19+,21+/m1/s1. The average Bonchev–Trinajstić information content (AvgIpc) is 3.37. The van der Waals surface area contributed by atoms with Crippen LogP contribution in [0.1, 0.15) is 46.7 Å². The van der Waals surface area contributed by atoms with E-state index in [0.717, 1.165) is 12.1 Å². The summed E-state index contributed by atoms with van der Waals surface area (Å²) in [5.41, 5.74) is 8.60. The van der Waals surface area contributed by atoms with E-state index < -0.39 is 23.9 Å². The maximum absolute atomic E-state index is 13.7. The number of aryl methyl sites for hydroxylation is 1. The van der Waals surface area contributed by atoms with Gasteiger partial charge in [-0.3, -0.25) is 9.20 Å². The zero-order valence-electron chi connectivity index (χ0n) is 18.9. The first-order chi connectivity index (χ1) is 16.6. The number of benzene rings is 1. The molecule has 6 rings (SSSR count). The van der Waals surface area contributed by atoms with Gasteiger partial charge in [-0.25, -0.2) is 15.0 Å². The van der Waals surface area contributed by atoms with Crippen LogP contribution < -0.4 is 10.5 Å². The highest BCUT2D eigenvalue weighted by Gasteiger charge is 2.46. The summed E-state index contributed by atoms with van der Waals surface area (Å²) in [4.78, 5) is 28.4. The minimum atomic E-state index is -4.47. The van der Waals surface area contributed by atoms with E-state index in [0.29, 0.717) is 46.6 Å². The zero-order chi connectivity index (χ0) is 24.6. The van der Waals surface area contributed by atoms with E-state index in [4.69, 9.17) is 10.5 Å². The Morgan fingerprint density at radius 1 is 1.23 bits per heavy atom. The Hall–Kier alpha value is -3.89. The second-order valence-electron chi connectivity index (χ2n) is 9.25. The molecule has 1 saturated heterocycles. The van der Waals surface area contributed by atoms with Gasteiger partial charge in [-0.2, -0.15) is 13.2 Å². The molecule has 2 N–H and O–H groups in total. The molecule has 3 aromatic heterocycles. The number of nitrogens with two attached hydrogens (primary N) is 1. The largest absolute Gasteiger partial charge is 0.488 e. The predicted octanol–water partition coefficient (Wildman–Crippen LogP) is 4.17. The fraction of sp³-hybridized carbons (Fsp3) is 0.333. The van der Waals surface area contributed by atoms with Crippen molar-refractivity contribution in [1.82, 2.24) is 24.3 Å². The topological polar surface area (TPSA) is 98.6 Å². The first kappa shape index (κ1) is 21.6. The lowest BCUT2D eigenvalue weighted by atomic mass is 9.88. The molecule has 11 heteroatoms. The molecule has 4 aromatic rings. The quantitative estimate of drug-likeness (QED) is 0.437. The van der Waals surface area contributed by atoms with Gasteiger partial charge in [0.25, 0.3) is 5.91 Å². The molecular formula is C24H21F3N6O2. The number of alkyl halides is 3. The van der Waals surface area contributed by atoms with E-state index in [-0.39, 0.29) is 23.3 Å². The second kappa shape index (κ2) is 7.30. The molecule has 5 heterocycles. The molecular weight excluding hydrogens is 461 g/mol. The molecule has 0 radical (unpaired) electrons. The minimum absolute atomic E-state index is 0.0986. The lowest BCUT2D eigenvalue weighted by molar-refractivity contribution is -0.137. The van der Waals surface area contributed by atoms with Gasteiger partial charge in [0.2, 0.25) is 0 Å². The summed E-state index contributed by atoms with van der Waals surface area (Å²) in [7, 11) is 0. The summed E-state index contributed by atoms with van der Waals surface area (Å²) in [5.74, 6) is 0.260. The fourth-order valence-corrected chi connectivity index (χ4v) is 5.25. The van der Waals surface area contributed by atoms with E-state index in [2.05, 4.69) is 15.0 Å². The Labute approximate surface area is 197 Å². The van der Waals surface area contributed by atoms with Crippen molar-refractivity contribution in [3.05, 3.63) is 59.3 Å². The molecule has 2 aliphatic rings. The van der Waals surface area contributed by atoms with Crippen LogP contribution in [-0.2, 0) is 6.18 Å². The van der Waals surface area contributed by atoms with Gasteiger partial charge < -0.3 is 15.4 Å². The highest BCUT2D eigenvalue weighted by Crippen LogP contribution is 2.47. The van der Waals surface area contributed by atoms with Crippen molar-refractivity contribution in [1.29, 1.82) is 0 Å². The van der Waals surface area contributed by atoms with Crippen molar-refractivity contribution in [2.45, 2.75) is 38.6 Å². The third-order valence-corrected chi connectivity index (χ3v) is 6.80. The molecule has 2 aliphatic heterocycles. The van der Waals surface area contributed by atoms with Gasteiger partial charge in [0, 0.05) is 12.1 Å². The van der Waals surface area contributed by atoms with Gasteiger partial charge in [0.1, 0.15) is 34.9 Å². The van der Waals surface area contributed by atoms with Crippen LogP contribution in [0.5, 0.6) is 5.75 Å². The number of carbonyl (C=O) groups excluding carboxylic acids is 1. The summed E-state index contributed by atoms with van der Waals surface area (Å²) < 4.78 is 47.4. The third-order valence-electron chi connectivity index (χ3n) is 6.80. The summed E-state index contributed by atoms with van der Waals surface area (Å²) in [6.07, 6.45) is -1.15. The van der Waals surface area contributed by atoms with Crippen LogP contribution in [0.2, 0.25) is 0 Å². The number of pyridine rings is 1. The Morgan fingerprint density at radius 3 is 2.80 bits per heavy atom. The number of imidazole rings is 1. The average molecular weight is 482 g/mol. The van der Waals surface area contributed by atoms with E-state index >= 15 is 0 Å². The van der Waals surface area contributed by atoms with Crippen molar-refractivity contribution in [3.63, 3.8) is 0 Å². The van der Waals surface area contributed by atoms with E-state index in [1.807, 2.05) is 13.8 Å². The van der Waals surface area contributed by atoms with Crippen molar-refractivity contribution in [3.8, 4) is 5.75 Å². The lowest BCUT2D eigenvalue weighted by Gasteiger charge is -2.39. The third kappa shape index (κ3) is 3.28. The molecule has 35 heavy (non-hydrogen) atoms. The number of likely N-dealkylation sites (tertiary alicyclic amines) is 1. The molecule has 0 unspecified atom stereocenters. The maximum Gasteiger partial charge on any atom is 0.416 e. The van der Waals surface area contributed by atoms with Crippen LogP contribution in [0.25, 0.3) is 16.6 Å². The zero-order valence-corrected chi connectivity index (χ0v) is 18.9. The number of nitrogens with zero attached hydrogens (tertiary/aromatic N) is 5. The van der Waals surface area contributed by atoms with Gasteiger partial charge in [0.15, 0.2) is 5.82 Å². The lowest BCUT2D eigenvalue weighted by Crippen LogP contribution is -2.47. The van der Waals surface area contributed by atoms with Gasteiger partial charge >= 0.3 is 6.18 Å².